The monoisotopic (exact) mass is 297 g/mol. The second-order valence-electron chi connectivity index (χ2n) is 4.60. The number of fused-ring (bicyclic) bond motifs is 1. The minimum absolute atomic E-state index is 0.0949. The molecule has 3 rings (SSSR count). The zero-order valence-corrected chi connectivity index (χ0v) is 12.0. The number of carbonyl (C=O) groups is 1. The van der Waals surface area contributed by atoms with Gasteiger partial charge in [0.2, 0.25) is 0 Å². The Balaban J connectivity index is 1.62. The minimum atomic E-state index is -0.245. The number of hydrogen-bond donors (Lipinski definition) is 1. The molecule has 112 valence electrons. The van der Waals surface area contributed by atoms with Crippen LogP contribution in [0.2, 0.25) is 0 Å². The molecule has 0 fully saturated rings. The average molecular weight is 297 g/mol. The molecule has 2 aromatic heterocycles. The van der Waals surface area contributed by atoms with Crippen LogP contribution < -0.4 is 14.8 Å². The van der Waals surface area contributed by atoms with Crippen LogP contribution in [-0.4, -0.2) is 29.0 Å². The van der Waals surface area contributed by atoms with E-state index in [2.05, 4.69) is 10.3 Å². The van der Waals surface area contributed by atoms with E-state index in [1.54, 1.807) is 37.7 Å². The predicted octanol–water partition coefficient (Wildman–Crippen LogP) is 2.36. The first-order valence-electron chi connectivity index (χ1n) is 6.74. The maximum absolute atomic E-state index is 12.0. The van der Waals surface area contributed by atoms with Gasteiger partial charge in [0, 0.05) is 18.6 Å². The van der Waals surface area contributed by atoms with Gasteiger partial charge >= 0.3 is 0 Å². The van der Waals surface area contributed by atoms with E-state index < -0.39 is 0 Å². The quantitative estimate of drug-likeness (QED) is 0.785. The number of nitrogens with one attached hydrogen (secondary N) is 1. The van der Waals surface area contributed by atoms with Crippen molar-refractivity contribution in [3.8, 4) is 11.5 Å². The minimum Gasteiger partial charge on any atom is -0.493 e. The lowest BCUT2D eigenvalue weighted by atomic mass is 10.3. The van der Waals surface area contributed by atoms with Gasteiger partial charge in [-0.05, 0) is 24.3 Å². The molecule has 0 aliphatic rings. The van der Waals surface area contributed by atoms with E-state index in [1.807, 2.05) is 28.8 Å². The Morgan fingerprint density at radius 3 is 2.86 bits per heavy atom. The fraction of sp³-hybridized carbons (Fsp3) is 0.125. The molecule has 0 bridgehead atoms. The van der Waals surface area contributed by atoms with Crippen LogP contribution in [0.15, 0.2) is 55.0 Å². The molecule has 22 heavy (non-hydrogen) atoms. The maximum Gasteiger partial charge on any atom is 0.262 e. The van der Waals surface area contributed by atoms with Crippen LogP contribution in [0.1, 0.15) is 0 Å². The molecule has 1 amide bonds. The normalized spacial score (nSPS) is 10.4. The van der Waals surface area contributed by atoms with Crippen molar-refractivity contribution < 1.29 is 14.3 Å². The van der Waals surface area contributed by atoms with Crippen molar-refractivity contribution in [2.75, 3.05) is 19.0 Å². The molecule has 2 heterocycles. The number of aromatic nitrogens is 2. The summed E-state index contributed by atoms with van der Waals surface area (Å²) in [5.74, 6) is 0.880. The van der Waals surface area contributed by atoms with Gasteiger partial charge in [-0.1, -0.05) is 12.1 Å². The number of methoxy groups -OCH3 is 1. The van der Waals surface area contributed by atoms with Crippen molar-refractivity contribution in [2.45, 2.75) is 0 Å². The second-order valence-corrected chi connectivity index (χ2v) is 4.60. The van der Waals surface area contributed by atoms with Gasteiger partial charge in [0.25, 0.3) is 5.91 Å². The Morgan fingerprint density at radius 1 is 1.23 bits per heavy atom. The first kappa shape index (κ1) is 13.9. The Labute approximate surface area is 127 Å². The van der Waals surface area contributed by atoms with Gasteiger partial charge in [0.05, 0.1) is 12.8 Å². The number of pyridine rings is 1. The smallest absolute Gasteiger partial charge is 0.262 e. The lowest BCUT2D eigenvalue weighted by molar-refractivity contribution is -0.118. The standard InChI is InChI=1S/C16H15N3O3/c1-21-13-4-2-3-5-14(13)22-11-16(20)18-12-6-7-15-17-8-9-19(15)10-12/h2-10H,11H2,1H3,(H,18,20). The summed E-state index contributed by atoms with van der Waals surface area (Å²) in [7, 11) is 1.56. The lowest BCUT2D eigenvalue weighted by Gasteiger charge is -2.10. The van der Waals surface area contributed by atoms with Crippen molar-refractivity contribution in [2.24, 2.45) is 0 Å². The zero-order valence-electron chi connectivity index (χ0n) is 12.0. The zero-order chi connectivity index (χ0) is 15.4. The fourth-order valence-corrected chi connectivity index (χ4v) is 2.07. The number of anilines is 1. The van der Waals surface area contributed by atoms with Crippen LogP contribution in [-0.2, 0) is 4.79 Å². The molecule has 0 radical (unpaired) electrons. The Kier molecular flexibility index (Phi) is 3.91. The van der Waals surface area contributed by atoms with Crippen molar-refractivity contribution in [1.82, 2.24) is 9.38 Å². The van der Waals surface area contributed by atoms with Gasteiger partial charge in [0.15, 0.2) is 18.1 Å². The summed E-state index contributed by atoms with van der Waals surface area (Å²) in [6, 6.07) is 10.8. The van der Waals surface area contributed by atoms with Gasteiger partial charge in [-0.15, -0.1) is 0 Å². The summed E-state index contributed by atoms with van der Waals surface area (Å²) < 4.78 is 12.5. The van der Waals surface area contributed by atoms with Crippen molar-refractivity contribution in [3.05, 3.63) is 55.0 Å². The SMILES string of the molecule is COc1ccccc1OCC(=O)Nc1ccc2nccn2c1. The summed E-state index contributed by atoms with van der Waals surface area (Å²) in [6.07, 6.45) is 5.31. The Morgan fingerprint density at radius 2 is 2.05 bits per heavy atom. The van der Waals surface area contributed by atoms with Crippen LogP contribution in [0.4, 0.5) is 5.69 Å². The average Bonchev–Trinajstić information content (AvgIpc) is 3.01. The Hall–Kier alpha value is -3.02. The molecule has 1 aromatic carbocycles. The molecule has 0 saturated heterocycles. The van der Waals surface area contributed by atoms with Crippen molar-refractivity contribution in [3.63, 3.8) is 0 Å². The fourth-order valence-electron chi connectivity index (χ4n) is 2.07. The van der Waals surface area contributed by atoms with E-state index in [-0.39, 0.29) is 12.5 Å². The highest BCUT2D eigenvalue weighted by Crippen LogP contribution is 2.25. The maximum atomic E-state index is 12.0. The molecule has 6 nitrogen and oxygen atoms in total. The van der Waals surface area contributed by atoms with Gasteiger partial charge in [-0.25, -0.2) is 4.98 Å². The molecule has 6 heteroatoms. The molecule has 1 N–H and O–H groups in total. The van der Waals surface area contributed by atoms with Crippen LogP contribution in [0.3, 0.4) is 0 Å². The summed E-state index contributed by atoms with van der Waals surface area (Å²) in [4.78, 5) is 16.1. The number of nitrogens with zero attached hydrogens (tertiary/aromatic N) is 2. The van der Waals surface area contributed by atoms with E-state index in [9.17, 15) is 4.79 Å². The summed E-state index contributed by atoms with van der Waals surface area (Å²) in [5.41, 5.74) is 1.50. The van der Waals surface area contributed by atoms with Gasteiger partial charge in [-0.2, -0.15) is 0 Å². The Bertz CT molecular complexity index is 798. The van der Waals surface area contributed by atoms with Crippen molar-refractivity contribution in [1.29, 1.82) is 0 Å². The first-order chi connectivity index (χ1) is 10.8. The molecule has 3 aromatic rings. The molecule has 0 aliphatic heterocycles. The van der Waals surface area contributed by atoms with Gasteiger partial charge in [0.1, 0.15) is 5.65 Å². The highest BCUT2D eigenvalue weighted by molar-refractivity contribution is 5.91. The number of rotatable bonds is 5. The van der Waals surface area contributed by atoms with Crippen LogP contribution in [0.25, 0.3) is 5.65 Å². The van der Waals surface area contributed by atoms with E-state index in [4.69, 9.17) is 9.47 Å². The predicted molar refractivity (Wildman–Crippen MR) is 82.3 cm³/mol. The molecule has 0 atom stereocenters. The number of para-hydroxylation sites is 2. The van der Waals surface area contributed by atoms with Gasteiger partial charge < -0.3 is 19.2 Å². The molecule has 0 aliphatic carbocycles. The van der Waals surface area contributed by atoms with E-state index in [1.165, 1.54) is 0 Å². The van der Waals surface area contributed by atoms with Gasteiger partial charge in [-0.3, -0.25) is 4.79 Å². The lowest BCUT2D eigenvalue weighted by Crippen LogP contribution is -2.20. The number of carbonyl (C=O) groups excluding carboxylic acids is 1. The molecular formula is C16H15N3O3. The van der Waals surface area contributed by atoms with E-state index in [0.717, 1.165) is 5.65 Å². The third-order valence-electron chi connectivity index (χ3n) is 3.10. The van der Waals surface area contributed by atoms with Crippen molar-refractivity contribution >= 4 is 17.2 Å². The third-order valence-corrected chi connectivity index (χ3v) is 3.10. The number of benzene rings is 1. The van der Waals surface area contributed by atoms with E-state index in [0.29, 0.717) is 17.2 Å². The summed E-state index contributed by atoms with van der Waals surface area (Å²) in [6.45, 7) is -0.0949. The van der Waals surface area contributed by atoms with E-state index >= 15 is 0 Å². The highest BCUT2D eigenvalue weighted by Gasteiger charge is 2.07. The summed E-state index contributed by atoms with van der Waals surface area (Å²) in [5, 5.41) is 2.78. The first-order valence-corrected chi connectivity index (χ1v) is 6.74. The molecular weight excluding hydrogens is 282 g/mol. The largest absolute Gasteiger partial charge is 0.493 e. The molecule has 0 unspecified atom stereocenters. The molecule has 0 spiro atoms. The molecule has 0 saturated carbocycles. The number of hydrogen-bond acceptors (Lipinski definition) is 4. The highest BCUT2D eigenvalue weighted by atomic mass is 16.5. The van der Waals surface area contributed by atoms with Crippen LogP contribution >= 0.6 is 0 Å². The third kappa shape index (κ3) is 3.01. The topological polar surface area (TPSA) is 64.9 Å². The summed E-state index contributed by atoms with van der Waals surface area (Å²) >= 11 is 0. The second kappa shape index (κ2) is 6.17. The number of amides is 1. The number of ether oxygens (including phenoxy) is 2. The van der Waals surface area contributed by atoms with Crippen LogP contribution in [0.5, 0.6) is 11.5 Å². The van der Waals surface area contributed by atoms with Crippen LogP contribution in [0, 0.1) is 0 Å². The number of imidazole rings is 1.